The molecule has 2 aliphatic rings. The summed E-state index contributed by atoms with van der Waals surface area (Å²) in [5.41, 5.74) is 0.978. The fourth-order valence-electron chi connectivity index (χ4n) is 3.85. The number of anilines is 1. The molecular weight excluding hydrogens is 332 g/mol. The van der Waals surface area contributed by atoms with Crippen LogP contribution in [0.3, 0.4) is 0 Å². The second-order valence-electron chi connectivity index (χ2n) is 7.08. The Kier molecular flexibility index (Phi) is 6.01. The number of carbonyl (C=O) groups is 2. The maximum atomic E-state index is 13.1. The Labute approximate surface area is 154 Å². The van der Waals surface area contributed by atoms with E-state index in [0.717, 1.165) is 58.0 Å². The SMILES string of the molecule is COc1cc(NC(=O)C2CCCC2)c(C(=O)N2CCCCC2)cc1OC. The Morgan fingerprint density at radius 3 is 2.19 bits per heavy atom. The summed E-state index contributed by atoms with van der Waals surface area (Å²) in [5.74, 6) is 0.951. The molecule has 0 bridgehead atoms. The van der Waals surface area contributed by atoms with Crippen molar-refractivity contribution in [1.29, 1.82) is 0 Å². The lowest BCUT2D eigenvalue weighted by atomic mass is 10.0. The molecule has 1 aliphatic heterocycles. The van der Waals surface area contributed by atoms with Crippen LogP contribution in [0.4, 0.5) is 5.69 Å². The third kappa shape index (κ3) is 3.94. The number of hydrogen-bond donors (Lipinski definition) is 1. The van der Waals surface area contributed by atoms with Crippen molar-refractivity contribution < 1.29 is 19.1 Å². The van der Waals surface area contributed by atoms with Gasteiger partial charge in [-0.1, -0.05) is 12.8 Å². The predicted octanol–water partition coefficient (Wildman–Crippen LogP) is 3.46. The van der Waals surface area contributed by atoms with Crippen molar-refractivity contribution in [2.75, 3.05) is 32.6 Å². The van der Waals surface area contributed by atoms with Crippen LogP contribution in [0.1, 0.15) is 55.3 Å². The molecule has 0 unspecified atom stereocenters. The van der Waals surface area contributed by atoms with Crippen molar-refractivity contribution in [1.82, 2.24) is 4.90 Å². The van der Waals surface area contributed by atoms with E-state index < -0.39 is 0 Å². The molecule has 1 N–H and O–H groups in total. The van der Waals surface area contributed by atoms with E-state index in [9.17, 15) is 9.59 Å². The molecule has 3 rings (SSSR count). The van der Waals surface area contributed by atoms with Gasteiger partial charge in [0.25, 0.3) is 5.91 Å². The quantitative estimate of drug-likeness (QED) is 0.873. The zero-order chi connectivity index (χ0) is 18.5. The number of likely N-dealkylation sites (tertiary alicyclic amines) is 1. The number of hydrogen-bond acceptors (Lipinski definition) is 4. The molecule has 1 aromatic carbocycles. The van der Waals surface area contributed by atoms with Gasteiger partial charge in [0.05, 0.1) is 25.5 Å². The Morgan fingerprint density at radius 2 is 1.58 bits per heavy atom. The highest BCUT2D eigenvalue weighted by atomic mass is 16.5. The molecule has 0 spiro atoms. The number of carbonyl (C=O) groups excluding carboxylic acids is 2. The number of amides is 2. The second-order valence-corrected chi connectivity index (χ2v) is 7.08. The molecule has 1 aromatic rings. The third-order valence-electron chi connectivity index (χ3n) is 5.38. The zero-order valence-electron chi connectivity index (χ0n) is 15.7. The van der Waals surface area contributed by atoms with Gasteiger partial charge in [-0.25, -0.2) is 0 Å². The van der Waals surface area contributed by atoms with Gasteiger partial charge in [-0.2, -0.15) is 0 Å². The van der Waals surface area contributed by atoms with Gasteiger partial charge in [0.15, 0.2) is 11.5 Å². The lowest BCUT2D eigenvalue weighted by Gasteiger charge is -2.28. The average molecular weight is 360 g/mol. The van der Waals surface area contributed by atoms with E-state index in [1.807, 2.05) is 4.90 Å². The molecule has 1 heterocycles. The summed E-state index contributed by atoms with van der Waals surface area (Å²) >= 11 is 0. The van der Waals surface area contributed by atoms with Crippen molar-refractivity contribution in [2.45, 2.75) is 44.9 Å². The molecule has 1 aliphatic carbocycles. The molecule has 0 atom stereocenters. The van der Waals surface area contributed by atoms with Gasteiger partial charge in [0.1, 0.15) is 0 Å². The van der Waals surface area contributed by atoms with Gasteiger partial charge < -0.3 is 19.7 Å². The van der Waals surface area contributed by atoms with Crippen molar-refractivity contribution >= 4 is 17.5 Å². The molecular formula is C20H28N2O4. The van der Waals surface area contributed by atoms with E-state index in [4.69, 9.17) is 9.47 Å². The van der Waals surface area contributed by atoms with Crippen LogP contribution in [0.25, 0.3) is 0 Å². The van der Waals surface area contributed by atoms with E-state index in [-0.39, 0.29) is 17.7 Å². The largest absolute Gasteiger partial charge is 0.493 e. The van der Waals surface area contributed by atoms with Crippen LogP contribution >= 0.6 is 0 Å². The summed E-state index contributed by atoms with van der Waals surface area (Å²) in [6, 6.07) is 3.38. The van der Waals surface area contributed by atoms with Crippen molar-refractivity contribution in [3.63, 3.8) is 0 Å². The third-order valence-corrected chi connectivity index (χ3v) is 5.38. The van der Waals surface area contributed by atoms with Gasteiger partial charge in [-0.3, -0.25) is 9.59 Å². The normalized spacial score (nSPS) is 17.8. The number of ether oxygens (including phenoxy) is 2. The van der Waals surface area contributed by atoms with Crippen LogP contribution in [0, 0.1) is 5.92 Å². The standard InChI is InChI=1S/C20H28N2O4/c1-25-17-12-15(20(24)22-10-6-3-7-11-22)16(13-18(17)26-2)21-19(23)14-8-4-5-9-14/h12-14H,3-11H2,1-2H3,(H,21,23). The number of piperidine rings is 1. The maximum Gasteiger partial charge on any atom is 0.256 e. The van der Waals surface area contributed by atoms with Crippen molar-refractivity contribution in [2.24, 2.45) is 5.92 Å². The van der Waals surface area contributed by atoms with Crippen LogP contribution in [-0.4, -0.2) is 44.0 Å². The number of benzene rings is 1. The van der Waals surface area contributed by atoms with Gasteiger partial charge in [0.2, 0.25) is 5.91 Å². The minimum absolute atomic E-state index is 0.0117. The summed E-state index contributed by atoms with van der Waals surface area (Å²) in [6.45, 7) is 1.51. The van der Waals surface area contributed by atoms with Crippen molar-refractivity contribution in [3.8, 4) is 11.5 Å². The van der Waals surface area contributed by atoms with Gasteiger partial charge in [0, 0.05) is 25.1 Å². The number of rotatable bonds is 5. The Morgan fingerprint density at radius 1 is 0.962 bits per heavy atom. The van der Waals surface area contributed by atoms with Crippen molar-refractivity contribution in [3.05, 3.63) is 17.7 Å². The summed E-state index contributed by atoms with van der Waals surface area (Å²) in [7, 11) is 3.09. The molecule has 26 heavy (non-hydrogen) atoms. The van der Waals surface area contributed by atoms with Gasteiger partial charge in [-0.05, 0) is 38.2 Å². The summed E-state index contributed by atoms with van der Waals surface area (Å²) in [4.78, 5) is 27.5. The predicted molar refractivity (Wildman–Crippen MR) is 99.9 cm³/mol. The summed E-state index contributed by atoms with van der Waals surface area (Å²) in [6.07, 6.45) is 7.18. The Bertz CT molecular complexity index is 662. The minimum Gasteiger partial charge on any atom is -0.493 e. The van der Waals surface area contributed by atoms with Crippen LogP contribution < -0.4 is 14.8 Å². The molecule has 142 valence electrons. The molecule has 0 aromatic heterocycles. The maximum absolute atomic E-state index is 13.1. The molecule has 1 saturated carbocycles. The first-order chi connectivity index (χ1) is 12.6. The monoisotopic (exact) mass is 360 g/mol. The fraction of sp³-hybridized carbons (Fsp3) is 0.600. The highest BCUT2D eigenvalue weighted by Gasteiger charge is 2.27. The molecule has 6 heteroatoms. The minimum atomic E-state index is -0.0626. The van der Waals surface area contributed by atoms with Crippen LogP contribution in [0.2, 0.25) is 0 Å². The summed E-state index contributed by atoms with van der Waals surface area (Å²) in [5, 5.41) is 2.98. The lowest BCUT2D eigenvalue weighted by Crippen LogP contribution is -2.36. The number of methoxy groups -OCH3 is 2. The molecule has 6 nitrogen and oxygen atoms in total. The van der Waals surface area contributed by atoms with E-state index in [2.05, 4.69) is 5.32 Å². The van der Waals surface area contributed by atoms with E-state index in [1.165, 1.54) is 0 Å². The Hall–Kier alpha value is -2.24. The smallest absolute Gasteiger partial charge is 0.256 e. The highest BCUT2D eigenvalue weighted by Crippen LogP contribution is 2.35. The molecule has 2 fully saturated rings. The van der Waals surface area contributed by atoms with Crippen LogP contribution in [0.15, 0.2) is 12.1 Å². The van der Waals surface area contributed by atoms with Gasteiger partial charge >= 0.3 is 0 Å². The fourth-order valence-corrected chi connectivity index (χ4v) is 3.85. The first-order valence-corrected chi connectivity index (χ1v) is 9.50. The number of nitrogens with zero attached hydrogens (tertiary/aromatic N) is 1. The van der Waals surface area contributed by atoms with E-state index in [0.29, 0.717) is 22.7 Å². The first kappa shape index (κ1) is 18.5. The topological polar surface area (TPSA) is 67.9 Å². The second kappa shape index (κ2) is 8.43. The lowest BCUT2D eigenvalue weighted by molar-refractivity contribution is -0.119. The molecule has 0 radical (unpaired) electrons. The average Bonchev–Trinajstić information content (AvgIpc) is 3.22. The van der Waals surface area contributed by atoms with Gasteiger partial charge in [-0.15, -0.1) is 0 Å². The van der Waals surface area contributed by atoms with E-state index in [1.54, 1.807) is 26.4 Å². The van der Waals surface area contributed by atoms with E-state index >= 15 is 0 Å². The number of nitrogens with one attached hydrogen (secondary N) is 1. The highest BCUT2D eigenvalue weighted by molar-refractivity contribution is 6.05. The van der Waals surface area contributed by atoms with Crippen LogP contribution in [0.5, 0.6) is 11.5 Å². The first-order valence-electron chi connectivity index (χ1n) is 9.50. The Balaban J connectivity index is 1.91. The summed E-state index contributed by atoms with van der Waals surface area (Å²) < 4.78 is 10.7. The zero-order valence-corrected chi connectivity index (χ0v) is 15.7. The molecule has 2 amide bonds. The molecule has 1 saturated heterocycles. The van der Waals surface area contributed by atoms with Crippen LogP contribution in [-0.2, 0) is 4.79 Å².